The zero-order chi connectivity index (χ0) is 39.0. The standard InChI is InChI=1S/C49H50O6Si/c1-49(2,3)56(4,5)55-47-31-42-44(52-34-38-22-14-8-15-23-38)29-41(50-32-36-18-10-6-11-19-36)30-45(42)54-48(47)40-26-27-43(51-33-37-20-12-7-13-21-37)46(28-40)53-35-39-24-16-9-17-25-39/h6-30H,31-35H2,1-5H3. The van der Waals surface area contributed by atoms with Gasteiger partial charge in [0.15, 0.2) is 17.3 Å². The van der Waals surface area contributed by atoms with Crippen molar-refractivity contribution in [3.05, 3.63) is 191 Å². The van der Waals surface area contributed by atoms with E-state index in [2.05, 4.69) is 82.4 Å². The first-order valence-corrected chi connectivity index (χ1v) is 22.1. The van der Waals surface area contributed by atoms with Crippen LogP contribution in [0.15, 0.2) is 157 Å². The van der Waals surface area contributed by atoms with E-state index in [1.807, 2.05) is 103 Å². The van der Waals surface area contributed by atoms with E-state index in [4.69, 9.17) is 28.1 Å². The zero-order valence-electron chi connectivity index (χ0n) is 32.9. The molecule has 0 spiro atoms. The number of hydrogen-bond donors (Lipinski definition) is 0. The van der Waals surface area contributed by atoms with Crippen molar-refractivity contribution in [1.29, 1.82) is 0 Å². The fourth-order valence-corrected chi connectivity index (χ4v) is 7.16. The van der Waals surface area contributed by atoms with E-state index >= 15 is 0 Å². The highest BCUT2D eigenvalue weighted by molar-refractivity contribution is 6.74. The maximum atomic E-state index is 7.16. The molecule has 7 rings (SSSR count). The molecule has 0 saturated heterocycles. The van der Waals surface area contributed by atoms with E-state index in [1.54, 1.807) is 0 Å². The van der Waals surface area contributed by atoms with Crippen LogP contribution < -0.4 is 23.7 Å². The Hall–Kier alpha value is -5.92. The Morgan fingerprint density at radius 2 is 0.982 bits per heavy atom. The molecule has 1 aliphatic heterocycles. The maximum absolute atomic E-state index is 7.16. The third-order valence-electron chi connectivity index (χ3n) is 10.3. The van der Waals surface area contributed by atoms with Gasteiger partial charge < -0.3 is 28.1 Å². The molecule has 0 radical (unpaired) electrons. The summed E-state index contributed by atoms with van der Waals surface area (Å²) in [6.45, 7) is 12.9. The minimum absolute atomic E-state index is 0.0494. The Balaban J connectivity index is 1.28. The van der Waals surface area contributed by atoms with Crippen LogP contribution in [0.3, 0.4) is 0 Å². The number of benzene rings is 6. The van der Waals surface area contributed by atoms with Gasteiger partial charge in [-0.2, -0.15) is 0 Å². The van der Waals surface area contributed by atoms with Crippen LogP contribution >= 0.6 is 0 Å². The first-order chi connectivity index (χ1) is 27.1. The van der Waals surface area contributed by atoms with Gasteiger partial charge in [0, 0.05) is 29.7 Å². The Labute approximate surface area is 332 Å². The largest absolute Gasteiger partial charge is 0.544 e. The van der Waals surface area contributed by atoms with Crippen molar-refractivity contribution in [1.82, 2.24) is 0 Å². The molecular weight excluding hydrogens is 713 g/mol. The second-order valence-corrected chi connectivity index (χ2v) is 20.3. The van der Waals surface area contributed by atoms with Crippen LogP contribution in [-0.2, 0) is 37.3 Å². The fourth-order valence-electron chi connectivity index (χ4n) is 6.07. The van der Waals surface area contributed by atoms with Crippen LogP contribution in [0.25, 0.3) is 5.76 Å². The zero-order valence-corrected chi connectivity index (χ0v) is 33.9. The van der Waals surface area contributed by atoms with E-state index in [1.165, 1.54) is 0 Å². The first-order valence-electron chi connectivity index (χ1n) is 19.2. The number of hydrogen-bond acceptors (Lipinski definition) is 6. The smallest absolute Gasteiger partial charge is 0.250 e. The second-order valence-electron chi connectivity index (χ2n) is 15.6. The minimum atomic E-state index is -2.33. The van der Waals surface area contributed by atoms with Gasteiger partial charge in [-0.05, 0) is 58.6 Å². The van der Waals surface area contributed by atoms with Crippen molar-refractivity contribution in [2.45, 2.75) is 71.8 Å². The summed E-state index contributed by atoms with van der Waals surface area (Å²) in [6.07, 6.45) is 0.479. The Kier molecular flexibility index (Phi) is 11.8. The van der Waals surface area contributed by atoms with Crippen LogP contribution in [0.5, 0.6) is 28.7 Å². The third-order valence-corrected chi connectivity index (χ3v) is 14.7. The van der Waals surface area contributed by atoms with Gasteiger partial charge in [0.05, 0.1) is 0 Å². The van der Waals surface area contributed by atoms with Crippen LogP contribution in [0.1, 0.15) is 54.2 Å². The fraction of sp³-hybridized carbons (Fsp3) is 0.224. The van der Waals surface area contributed by atoms with Crippen molar-refractivity contribution < 1.29 is 28.1 Å². The van der Waals surface area contributed by atoms with Crippen molar-refractivity contribution in [3.8, 4) is 28.7 Å². The average molecular weight is 763 g/mol. The van der Waals surface area contributed by atoms with E-state index in [-0.39, 0.29) is 5.04 Å². The van der Waals surface area contributed by atoms with E-state index in [0.717, 1.165) is 39.1 Å². The number of rotatable bonds is 15. The van der Waals surface area contributed by atoms with Crippen LogP contribution in [0.2, 0.25) is 18.1 Å². The summed E-state index contributed by atoms with van der Waals surface area (Å²) < 4.78 is 40.0. The monoisotopic (exact) mass is 762 g/mol. The molecule has 0 aromatic heterocycles. The average Bonchev–Trinajstić information content (AvgIpc) is 3.21. The van der Waals surface area contributed by atoms with Gasteiger partial charge >= 0.3 is 0 Å². The van der Waals surface area contributed by atoms with E-state index in [0.29, 0.717) is 67.4 Å². The summed E-state index contributed by atoms with van der Waals surface area (Å²) in [5, 5.41) is -0.0494. The van der Waals surface area contributed by atoms with Gasteiger partial charge in [0.2, 0.25) is 8.32 Å². The van der Waals surface area contributed by atoms with Crippen LogP contribution in [0.4, 0.5) is 0 Å². The summed E-state index contributed by atoms with van der Waals surface area (Å²) in [6, 6.07) is 50.5. The normalized spacial score (nSPS) is 12.7. The Bertz CT molecular complexity index is 2230. The lowest BCUT2D eigenvalue weighted by molar-refractivity contribution is 0.255. The molecule has 0 aliphatic carbocycles. The van der Waals surface area contributed by atoms with Crippen molar-refractivity contribution in [2.24, 2.45) is 0 Å². The molecule has 0 fully saturated rings. The summed E-state index contributed by atoms with van der Waals surface area (Å²) in [5.74, 6) is 4.66. The summed E-state index contributed by atoms with van der Waals surface area (Å²) in [5.41, 5.74) is 6.00. The second kappa shape index (κ2) is 17.3. The number of ether oxygens (including phenoxy) is 5. The molecule has 0 N–H and O–H groups in total. The SMILES string of the molecule is CC(C)(C)[Si](C)(C)OC1=C(c2ccc(OCc3ccccc3)c(OCc3ccccc3)c2)Oc2cc(OCc3ccccc3)cc(OCc3ccccc3)c2C1. The third kappa shape index (κ3) is 9.65. The molecule has 286 valence electrons. The van der Waals surface area contributed by atoms with Gasteiger partial charge in [0.25, 0.3) is 0 Å². The molecule has 56 heavy (non-hydrogen) atoms. The van der Waals surface area contributed by atoms with Gasteiger partial charge in [-0.1, -0.05) is 142 Å². The molecule has 6 nitrogen and oxygen atoms in total. The molecule has 1 aliphatic rings. The highest BCUT2D eigenvalue weighted by atomic mass is 28.4. The van der Waals surface area contributed by atoms with Gasteiger partial charge in [0.1, 0.15) is 49.4 Å². The van der Waals surface area contributed by atoms with Gasteiger partial charge in [-0.3, -0.25) is 0 Å². The summed E-state index contributed by atoms with van der Waals surface area (Å²) in [7, 11) is -2.33. The molecular formula is C49H50O6Si. The molecule has 7 heteroatoms. The van der Waals surface area contributed by atoms with Crippen LogP contribution in [0, 0.1) is 0 Å². The van der Waals surface area contributed by atoms with Gasteiger partial charge in [-0.25, -0.2) is 0 Å². The summed E-state index contributed by atoms with van der Waals surface area (Å²) in [4.78, 5) is 0. The topological polar surface area (TPSA) is 55.4 Å². The highest BCUT2D eigenvalue weighted by Gasteiger charge is 2.41. The molecule has 6 aromatic carbocycles. The lowest BCUT2D eigenvalue weighted by Crippen LogP contribution is -2.41. The lowest BCUT2D eigenvalue weighted by atomic mass is 10.0. The number of allylic oxidation sites excluding steroid dienone is 1. The van der Waals surface area contributed by atoms with E-state index in [9.17, 15) is 0 Å². The molecule has 0 bridgehead atoms. The summed E-state index contributed by atoms with van der Waals surface area (Å²) >= 11 is 0. The molecule has 1 heterocycles. The van der Waals surface area contributed by atoms with Gasteiger partial charge in [-0.15, -0.1) is 0 Å². The lowest BCUT2D eigenvalue weighted by Gasteiger charge is -2.39. The predicted octanol–water partition coefficient (Wildman–Crippen LogP) is 12.3. The Morgan fingerprint density at radius 1 is 0.518 bits per heavy atom. The Morgan fingerprint density at radius 3 is 1.48 bits per heavy atom. The molecule has 0 saturated carbocycles. The first kappa shape index (κ1) is 38.4. The van der Waals surface area contributed by atoms with Crippen molar-refractivity contribution in [3.63, 3.8) is 0 Å². The van der Waals surface area contributed by atoms with Crippen molar-refractivity contribution in [2.75, 3.05) is 0 Å². The van der Waals surface area contributed by atoms with E-state index < -0.39 is 8.32 Å². The highest BCUT2D eigenvalue weighted by Crippen LogP contribution is 2.47. The minimum Gasteiger partial charge on any atom is -0.544 e. The number of fused-ring (bicyclic) bond motifs is 1. The van der Waals surface area contributed by atoms with Crippen molar-refractivity contribution >= 4 is 14.1 Å². The maximum Gasteiger partial charge on any atom is 0.250 e. The van der Waals surface area contributed by atoms with Crippen LogP contribution in [-0.4, -0.2) is 8.32 Å². The predicted molar refractivity (Wildman–Crippen MR) is 226 cm³/mol. The molecule has 0 amide bonds. The molecule has 0 unspecified atom stereocenters. The quantitative estimate of drug-likeness (QED) is 0.0971. The molecule has 6 aromatic rings. The molecule has 0 atom stereocenters.